The highest BCUT2D eigenvalue weighted by Gasteiger charge is 2.24. The van der Waals surface area contributed by atoms with E-state index in [0.29, 0.717) is 18.8 Å². The summed E-state index contributed by atoms with van der Waals surface area (Å²) in [6.07, 6.45) is 2.48. The molecule has 2 heterocycles. The molecular weight excluding hydrogens is 449 g/mol. The third-order valence-corrected chi connectivity index (χ3v) is 6.49. The van der Waals surface area contributed by atoms with E-state index in [1.54, 1.807) is 6.07 Å². The Bertz CT molecular complexity index is 929. The van der Waals surface area contributed by atoms with Crippen LogP contribution in [-0.4, -0.2) is 49.0 Å². The molecule has 0 saturated carbocycles. The molecule has 0 radical (unpaired) electrons. The van der Waals surface area contributed by atoms with Gasteiger partial charge in [0.05, 0.1) is 13.3 Å². The minimum Gasteiger partial charge on any atom is -0.508 e. The first-order valence-electron chi connectivity index (χ1n) is 10.5. The van der Waals surface area contributed by atoms with E-state index in [1.165, 1.54) is 0 Å². The van der Waals surface area contributed by atoms with Crippen LogP contribution in [0.5, 0.6) is 17.2 Å². The molecule has 0 aromatic heterocycles. The molecule has 1 saturated heterocycles. The maximum Gasteiger partial charge on any atom is 0.130 e. The summed E-state index contributed by atoms with van der Waals surface area (Å²) in [6.45, 7) is 4.80. The Balaban J connectivity index is 1.52. The van der Waals surface area contributed by atoms with Crippen molar-refractivity contribution in [1.29, 1.82) is 0 Å². The van der Waals surface area contributed by atoms with Crippen LogP contribution in [0.3, 0.4) is 0 Å². The molecule has 2 aromatic carbocycles. The first-order chi connectivity index (χ1) is 14.5. The fourth-order valence-corrected chi connectivity index (χ4v) is 4.70. The highest BCUT2D eigenvalue weighted by Crippen LogP contribution is 2.42. The van der Waals surface area contributed by atoms with Crippen molar-refractivity contribution in [2.75, 3.05) is 32.9 Å². The third kappa shape index (κ3) is 4.65. The second-order valence-electron chi connectivity index (χ2n) is 7.91. The van der Waals surface area contributed by atoms with Gasteiger partial charge in [-0.2, -0.15) is 0 Å². The van der Waals surface area contributed by atoms with Gasteiger partial charge in [-0.1, -0.05) is 28.1 Å². The van der Waals surface area contributed by atoms with Crippen LogP contribution in [0.25, 0.3) is 5.57 Å². The molecule has 2 aromatic rings. The number of likely N-dealkylation sites (tertiary alicyclic amines) is 1. The predicted octanol–water partition coefficient (Wildman–Crippen LogP) is 5.45. The van der Waals surface area contributed by atoms with E-state index in [2.05, 4.69) is 33.0 Å². The molecule has 4 nitrogen and oxygen atoms in total. The van der Waals surface area contributed by atoms with Gasteiger partial charge in [0.25, 0.3) is 0 Å². The van der Waals surface area contributed by atoms with Gasteiger partial charge in [-0.15, -0.1) is 0 Å². The zero-order valence-corrected chi connectivity index (χ0v) is 18.8. The Morgan fingerprint density at radius 2 is 2.07 bits per heavy atom. The van der Waals surface area contributed by atoms with Gasteiger partial charge in [-0.3, -0.25) is 9.29 Å². The summed E-state index contributed by atoms with van der Waals surface area (Å²) in [5.41, 5.74) is 3.94. The zero-order valence-electron chi connectivity index (χ0n) is 17.2. The predicted molar refractivity (Wildman–Crippen MR) is 120 cm³/mol. The van der Waals surface area contributed by atoms with E-state index >= 15 is 0 Å². The van der Waals surface area contributed by atoms with E-state index in [4.69, 9.17) is 9.47 Å². The average molecular weight is 476 g/mol. The third-order valence-electron chi connectivity index (χ3n) is 5.70. The van der Waals surface area contributed by atoms with Crippen molar-refractivity contribution in [2.45, 2.75) is 32.3 Å². The number of hydrogen-bond donors (Lipinski definition) is 1. The Labute approximate surface area is 185 Å². The van der Waals surface area contributed by atoms with Gasteiger partial charge in [0.15, 0.2) is 0 Å². The number of phenols is 1. The molecule has 0 amide bonds. The Morgan fingerprint density at radius 1 is 1.27 bits per heavy atom. The summed E-state index contributed by atoms with van der Waals surface area (Å²) < 4.78 is 25.5. The number of halogens is 2. The van der Waals surface area contributed by atoms with Gasteiger partial charge < -0.3 is 14.6 Å². The molecule has 2 aliphatic rings. The molecule has 0 unspecified atom stereocenters. The SMILES string of the molecule is Cc1cc2c(cc1O)OCCC(Br)=C2c1ccc(O[C@H]2CCN(CCCF)C2)cc1. The molecule has 0 aliphatic carbocycles. The number of rotatable bonds is 6. The largest absolute Gasteiger partial charge is 0.508 e. The highest BCUT2D eigenvalue weighted by atomic mass is 79.9. The van der Waals surface area contributed by atoms with Crippen LogP contribution < -0.4 is 9.47 Å². The van der Waals surface area contributed by atoms with Crippen molar-refractivity contribution in [1.82, 2.24) is 4.90 Å². The average Bonchev–Trinajstić information content (AvgIpc) is 3.11. The first-order valence-corrected chi connectivity index (χ1v) is 11.3. The van der Waals surface area contributed by atoms with Crippen molar-refractivity contribution in [3.63, 3.8) is 0 Å². The number of aryl methyl sites for hydroxylation is 1. The molecule has 1 N–H and O–H groups in total. The number of fused-ring (bicyclic) bond motifs is 1. The van der Waals surface area contributed by atoms with Gasteiger partial charge in [-0.25, -0.2) is 0 Å². The Kier molecular flexibility index (Phi) is 6.64. The van der Waals surface area contributed by atoms with Crippen LogP contribution in [0, 0.1) is 6.92 Å². The smallest absolute Gasteiger partial charge is 0.130 e. The van der Waals surface area contributed by atoms with Crippen LogP contribution in [0.15, 0.2) is 40.9 Å². The van der Waals surface area contributed by atoms with Crippen LogP contribution in [0.4, 0.5) is 4.39 Å². The highest BCUT2D eigenvalue weighted by molar-refractivity contribution is 9.11. The van der Waals surface area contributed by atoms with E-state index < -0.39 is 0 Å². The minimum atomic E-state index is -0.262. The van der Waals surface area contributed by atoms with Gasteiger partial charge in [0, 0.05) is 47.7 Å². The van der Waals surface area contributed by atoms with Crippen molar-refractivity contribution in [3.8, 4) is 17.2 Å². The second kappa shape index (κ2) is 9.40. The van der Waals surface area contributed by atoms with Gasteiger partial charge in [0.1, 0.15) is 23.4 Å². The van der Waals surface area contributed by atoms with Crippen molar-refractivity contribution >= 4 is 21.5 Å². The minimum absolute atomic E-state index is 0.152. The van der Waals surface area contributed by atoms with Gasteiger partial charge in [0.2, 0.25) is 0 Å². The van der Waals surface area contributed by atoms with Crippen LogP contribution in [0.1, 0.15) is 36.0 Å². The molecule has 1 atom stereocenters. The van der Waals surface area contributed by atoms with Gasteiger partial charge in [-0.05, 0) is 49.1 Å². The summed E-state index contributed by atoms with van der Waals surface area (Å²) in [4.78, 5) is 2.26. The van der Waals surface area contributed by atoms with E-state index in [1.807, 2.05) is 25.1 Å². The van der Waals surface area contributed by atoms with Crippen molar-refractivity contribution < 1.29 is 19.0 Å². The summed E-state index contributed by atoms with van der Waals surface area (Å²) >= 11 is 3.74. The number of alkyl halides is 1. The number of nitrogens with zero attached hydrogens (tertiary/aromatic N) is 1. The first kappa shape index (κ1) is 21.2. The lowest BCUT2D eigenvalue weighted by Crippen LogP contribution is -2.26. The molecular formula is C24H27BrFNO3. The van der Waals surface area contributed by atoms with E-state index in [9.17, 15) is 9.50 Å². The maximum atomic E-state index is 12.4. The standard InChI is InChI=1S/C24H27BrFNO3/c1-16-13-20-23(14-22(16)28)29-12-8-21(25)24(20)17-3-5-18(6-4-17)30-19-7-11-27(15-19)10-2-9-26/h3-6,13-14,19,28H,2,7-12,15H2,1H3/t19-/m0/s1. The lowest BCUT2D eigenvalue weighted by atomic mass is 9.95. The molecule has 0 spiro atoms. The maximum absolute atomic E-state index is 12.4. The summed E-state index contributed by atoms with van der Waals surface area (Å²) in [6, 6.07) is 11.8. The summed E-state index contributed by atoms with van der Waals surface area (Å²) in [5.74, 6) is 1.79. The molecule has 2 aliphatic heterocycles. The summed E-state index contributed by atoms with van der Waals surface area (Å²) in [5, 5.41) is 10.1. The summed E-state index contributed by atoms with van der Waals surface area (Å²) in [7, 11) is 0. The Morgan fingerprint density at radius 3 is 2.83 bits per heavy atom. The number of benzene rings is 2. The molecule has 0 bridgehead atoms. The molecule has 6 heteroatoms. The molecule has 4 rings (SSSR count). The lowest BCUT2D eigenvalue weighted by Gasteiger charge is -2.17. The lowest BCUT2D eigenvalue weighted by molar-refractivity contribution is 0.198. The fraction of sp³-hybridized carbons (Fsp3) is 0.417. The number of hydrogen-bond acceptors (Lipinski definition) is 4. The normalized spacial score (nSPS) is 19.4. The number of ether oxygens (including phenoxy) is 2. The second-order valence-corrected chi connectivity index (χ2v) is 8.87. The molecule has 30 heavy (non-hydrogen) atoms. The van der Waals surface area contributed by atoms with Gasteiger partial charge >= 0.3 is 0 Å². The van der Waals surface area contributed by atoms with Crippen LogP contribution in [0.2, 0.25) is 0 Å². The van der Waals surface area contributed by atoms with E-state index in [-0.39, 0.29) is 18.5 Å². The zero-order chi connectivity index (χ0) is 21.1. The number of aromatic hydroxyl groups is 1. The van der Waals surface area contributed by atoms with Crippen LogP contribution >= 0.6 is 15.9 Å². The number of phenolic OH excluding ortho intramolecular Hbond substituents is 1. The van der Waals surface area contributed by atoms with Crippen LogP contribution in [-0.2, 0) is 0 Å². The quantitative estimate of drug-likeness (QED) is 0.602. The van der Waals surface area contributed by atoms with E-state index in [0.717, 1.165) is 65.0 Å². The Hall–Kier alpha value is -2.05. The monoisotopic (exact) mass is 475 g/mol. The molecule has 160 valence electrons. The van der Waals surface area contributed by atoms with Crippen molar-refractivity contribution in [2.24, 2.45) is 0 Å². The fourth-order valence-electron chi connectivity index (χ4n) is 4.10. The molecule has 1 fully saturated rings. The topological polar surface area (TPSA) is 41.9 Å². The van der Waals surface area contributed by atoms with Crippen molar-refractivity contribution in [3.05, 3.63) is 57.6 Å².